The van der Waals surface area contributed by atoms with Crippen molar-refractivity contribution >= 4 is 22.9 Å². The van der Waals surface area contributed by atoms with E-state index in [9.17, 15) is 0 Å². The SMILES string of the molecule is CC.CC.Nc1ccc(N2CCOc3n[nH]c(N)c32)cc1. The monoisotopic (exact) mass is 291 g/mol. The average molecular weight is 291 g/mol. The van der Waals surface area contributed by atoms with E-state index in [4.69, 9.17) is 16.2 Å². The Morgan fingerprint density at radius 3 is 2.33 bits per heavy atom. The second-order valence-electron chi connectivity index (χ2n) is 3.88. The second-order valence-corrected chi connectivity index (χ2v) is 3.88. The Hall–Kier alpha value is -2.37. The number of nitrogens with one attached hydrogen (secondary N) is 1. The molecule has 3 rings (SSSR count). The summed E-state index contributed by atoms with van der Waals surface area (Å²) in [6.45, 7) is 9.32. The van der Waals surface area contributed by atoms with Crippen LogP contribution < -0.4 is 21.1 Å². The Labute approximate surface area is 126 Å². The number of aromatic nitrogens is 2. The minimum Gasteiger partial charge on any atom is -0.473 e. The zero-order valence-electron chi connectivity index (χ0n) is 13.2. The zero-order chi connectivity index (χ0) is 15.8. The van der Waals surface area contributed by atoms with Gasteiger partial charge in [-0.15, -0.1) is 5.10 Å². The number of aromatic amines is 1. The molecule has 6 nitrogen and oxygen atoms in total. The van der Waals surface area contributed by atoms with E-state index in [1.54, 1.807) is 0 Å². The fraction of sp³-hybridized carbons (Fsp3) is 0.400. The van der Waals surface area contributed by atoms with Gasteiger partial charge < -0.3 is 21.1 Å². The molecule has 0 bridgehead atoms. The highest BCUT2D eigenvalue weighted by Gasteiger charge is 2.25. The minimum absolute atomic E-state index is 0.511. The van der Waals surface area contributed by atoms with Crippen LogP contribution in [0.3, 0.4) is 0 Å². The Morgan fingerprint density at radius 2 is 1.71 bits per heavy atom. The van der Waals surface area contributed by atoms with Gasteiger partial charge in [0.2, 0.25) is 0 Å². The van der Waals surface area contributed by atoms with E-state index < -0.39 is 0 Å². The molecule has 0 aliphatic carbocycles. The van der Waals surface area contributed by atoms with Gasteiger partial charge in [-0.25, -0.2) is 0 Å². The number of nitrogens with two attached hydrogens (primary N) is 2. The number of nitrogens with zero attached hydrogens (tertiary/aromatic N) is 2. The van der Waals surface area contributed by atoms with Gasteiger partial charge in [0.05, 0.1) is 6.54 Å². The lowest BCUT2D eigenvalue weighted by Crippen LogP contribution is -2.28. The van der Waals surface area contributed by atoms with Gasteiger partial charge in [0, 0.05) is 11.4 Å². The van der Waals surface area contributed by atoms with Crippen LogP contribution in [0.25, 0.3) is 0 Å². The van der Waals surface area contributed by atoms with Gasteiger partial charge in [-0.1, -0.05) is 27.7 Å². The maximum Gasteiger partial charge on any atom is 0.259 e. The molecule has 116 valence electrons. The van der Waals surface area contributed by atoms with Crippen molar-refractivity contribution in [3.8, 4) is 5.88 Å². The summed E-state index contributed by atoms with van der Waals surface area (Å²) in [6.07, 6.45) is 0. The molecule has 1 aromatic heterocycles. The van der Waals surface area contributed by atoms with Crippen molar-refractivity contribution in [2.75, 3.05) is 29.5 Å². The molecule has 0 unspecified atom stereocenters. The molecule has 0 saturated heterocycles. The number of rotatable bonds is 1. The lowest BCUT2D eigenvalue weighted by Gasteiger charge is -2.28. The molecule has 0 spiro atoms. The van der Waals surface area contributed by atoms with Gasteiger partial charge in [0.1, 0.15) is 18.1 Å². The maximum atomic E-state index is 5.85. The van der Waals surface area contributed by atoms with Crippen LogP contribution in [0, 0.1) is 0 Å². The molecular formula is C15H25N5O. The molecule has 21 heavy (non-hydrogen) atoms. The van der Waals surface area contributed by atoms with Gasteiger partial charge in [-0.05, 0) is 24.3 Å². The van der Waals surface area contributed by atoms with Gasteiger partial charge >= 0.3 is 0 Å². The van der Waals surface area contributed by atoms with E-state index in [0.717, 1.165) is 23.6 Å². The number of H-pyrrole nitrogens is 1. The van der Waals surface area contributed by atoms with E-state index in [2.05, 4.69) is 15.1 Å². The second kappa shape index (κ2) is 8.04. The summed E-state index contributed by atoms with van der Waals surface area (Å²) >= 11 is 0. The highest BCUT2D eigenvalue weighted by Crippen LogP contribution is 2.39. The molecule has 5 N–H and O–H groups in total. The third-order valence-electron chi connectivity index (χ3n) is 2.76. The quantitative estimate of drug-likeness (QED) is 0.702. The van der Waals surface area contributed by atoms with Crippen molar-refractivity contribution in [1.82, 2.24) is 10.2 Å². The summed E-state index contributed by atoms with van der Waals surface area (Å²) in [4.78, 5) is 2.07. The van der Waals surface area contributed by atoms with Crippen LogP contribution in [-0.4, -0.2) is 23.3 Å². The normalized spacial score (nSPS) is 12.1. The summed E-state index contributed by atoms with van der Waals surface area (Å²) in [5.41, 5.74) is 14.1. The molecule has 0 fully saturated rings. The van der Waals surface area contributed by atoms with Crippen molar-refractivity contribution in [2.45, 2.75) is 27.7 Å². The van der Waals surface area contributed by atoms with Gasteiger partial charge in [-0.3, -0.25) is 5.10 Å². The third kappa shape index (κ3) is 3.59. The fourth-order valence-electron chi connectivity index (χ4n) is 1.95. The number of nitrogen functional groups attached to an aromatic ring is 2. The molecule has 0 saturated carbocycles. The predicted octanol–water partition coefficient (Wildman–Crippen LogP) is 3.16. The summed E-state index contributed by atoms with van der Waals surface area (Å²) in [6, 6.07) is 7.63. The van der Waals surface area contributed by atoms with Crippen LogP contribution in [-0.2, 0) is 0 Å². The molecule has 0 atom stereocenters. The first kappa shape index (κ1) is 16.7. The maximum absolute atomic E-state index is 5.85. The van der Waals surface area contributed by atoms with Crippen molar-refractivity contribution in [3.63, 3.8) is 0 Å². The topological polar surface area (TPSA) is 93.2 Å². The zero-order valence-corrected chi connectivity index (χ0v) is 13.2. The highest BCUT2D eigenvalue weighted by molar-refractivity contribution is 5.78. The highest BCUT2D eigenvalue weighted by atomic mass is 16.5. The number of anilines is 4. The summed E-state index contributed by atoms with van der Waals surface area (Å²) < 4.78 is 5.43. The van der Waals surface area contributed by atoms with E-state index >= 15 is 0 Å². The van der Waals surface area contributed by atoms with E-state index in [-0.39, 0.29) is 0 Å². The van der Waals surface area contributed by atoms with Crippen molar-refractivity contribution in [2.24, 2.45) is 0 Å². The van der Waals surface area contributed by atoms with Crippen LogP contribution in [0.1, 0.15) is 27.7 Å². The van der Waals surface area contributed by atoms with Crippen LogP contribution in [0.4, 0.5) is 22.9 Å². The Balaban J connectivity index is 0.000000510. The van der Waals surface area contributed by atoms with E-state index in [1.807, 2.05) is 52.0 Å². The summed E-state index contributed by atoms with van der Waals surface area (Å²) in [7, 11) is 0. The lowest BCUT2D eigenvalue weighted by atomic mass is 10.2. The molecule has 1 aliphatic rings. The van der Waals surface area contributed by atoms with Crippen molar-refractivity contribution in [3.05, 3.63) is 24.3 Å². The number of fused-ring (bicyclic) bond motifs is 1. The van der Waals surface area contributed by atoms with Crippen LogP contribution >= 0.6 is 0 Å². The first-order valence-electron chi connectivity index (χ1n) is 7.35. The smallest absolute Gasteiger partial charge is 0.259 e. The Bertz CT molecular complexity index is 535. The fourth-order valence-corrected chi connectivity index (χ4v) is 1.95. The van der Waals surface area contributed by atoms with Gasteiger partial charge in [-0.2, -0.15) is 0 Å². The molecule has 6 heteroatoms. The minimum atomic E-state index is 0.511. The Morgan fingerprint density at radius 1 is 1.10 bits per heavy atom. The molecule has 2 heterocycles. The molecule has 1 aliphatic heterocycles. The van der Waals surface area contributed by atoms with Crippen LogP contribution in [0.2, 0.25) is 0 Å². The first-order valence-corrected chi connectivity index (χ1v) is 7.35. The van der Waals surface area contributed by atoms with Gasteiger partial charge in [0.25, 0.3) is 5.88 Å². The largest absolute Gasteiger partial charge is 0.473 e. The molecule has 2 aromatic rings. The van der Waals surface area contributed by atoms with Crippen molar-refractivity contribution < 1.29 is 4.74 Å². The van der Waals surface area contributed by atoms with Crippen LogP contribution in [0.15, 0.2) is 24.3 Å². The molecule has 0 amide bonds. The lowest BCUT2D eigenvalue weighted by molar-refractivity contribution is 0.302. The Kier molecular flexibility index (Phi) is 6.39. The number of hydrogen-bond donors (Lipinski definition) is 3. The number of ether oxygens (including phenoxy) is 1. The van der Waals surface area contributed by atoms with Crippen molar-refractivity contribution in [1.29, 1.82) is 0 Å². The predicted molar refractivity (Wildman–Crippen MR) is 89.1 cm³/mol. The third-order valence-corrected chi connectivity index (χ3v) is 2.76. The number of hydrogen-bond acceptors (Lipinski definition) is 5. The molecular weight excluding hydrogens is 266 g/mol. The van der Waals surface area contributed by atoms with E-state index in [1.165, 1.54) is 0 Å². The number of benzene rings is 1. The standard InChI is InChI=1S/C11H13N5O.2C2H6/c12-7-1-3-8(4-2-7)16-5-6-17-11-9(16)10(13)14-15-11;2*1-2/h1-4H,5-6,12H2,(H3,13,14,15);2*1-2H3. The van der Waals surface area contributed by atoms with Gasteiger partial charge in [0.15, 0.2) is 0 Å². The molecule has 1 aromatic carbocycles. The summed E-state index contributed by atoms with van der Waals surface area (Å²) in [5, 5.41) is 6.74. The summed E-state index contributed by atoms with van der Waals surface area (Å²) in [5.74, 6) is 1.06. The first-order chi connectivity index (χ1) is 10.3. The van der Waals surface area contributed by atoms with E-state index in [0.29, 0.717) is 18.3 Å². The van der Waals surface area contributed by atoms with Crippen LogP contribution in [0.5, 0.6) is 5.88 Å². The molecule has 0 radical (unpaired) electrons. The average Bonchev–Trinajstić information content (AvgIpc) is 2.94.